The summed E-state index contributed by atoms with van der Waals surface area (Å²) in [6, 6.07) is 6.04. The summed E-state index contributed by atoms with van der Waals surface area (Å²) in [5.41, 5.74) is 0.603. The molecule has 2 aromatic carbocycles. The Morgan fingerprint density at radius 3 is 2.16 bits per heavy atom. The standard InChI is InChI=1S/C14H8ClF3O/c1-7(19)11-6-9(15)2-3-10(11)8-4-12(16)14(18)13(17)5-8/h2-6H,1H3. The molecule has 0 atom stereocenters. The van der Waals surface area contributed by atoms with Crippen LogP contribution in [-0.4, -0.2) is 5.78 Å². The summed E-state index contributed by atoms with van der Waals surface area (Å²) < 4.78 is 39.3. The molecule has 0 N–H and O–H groups in total. The lowest BCUT2D eigenvalue weighted by atomic mass is 9.97. The van der Waals surface area contributed by atoms with Crippen molar-refractivity contribution < 1.29 is 18.0 Å². The quantitative estimate of drug-likeness (QED) is 0.580. The summed E-state index contributed by atoms with van der Waals surface area (Å²) in [4.78, 5) is 11.5. The number of hydrogen-bond acceptors (Lipinski definition) is 1. The van der Waals surface area contributed by atoms with E-state index in [2.05, 4.69) is 0 Å². The Kier molecular flexibility index (Phi) is 3.62. The summed E-state index contributed by atoms with van der Waals surface area (Å²) in [7, 11) is 0. The minimum atomic E-state index is -1.54. The fraction of sp³-hybridized carbons (Fsp3) is 0.0714. The maximum Gasteiger partial charge on any atom is 0.194 e. The molecule has 1 nitrogen and oxygen atoms in total. The van der Waals surface area contributed by atoms with Crippen molar-refractivity contribution in [2.24, 2.45) is 0 Å². The first-order chi connectivity index (χ1) is 8.90. The third-order valence-electron chi connectivity index (χ3n) is 2.66. The van der Waals surface area contributed by atoms with Crippen LogP contribution in [0.3, 0.4) is 0 Å². The van der Waals surface area contributed by atoms with E-state index in [9.17, 15) is 18.0 Å². The summed E-state index contributed by atoms with van der Waals surface area (Å²) in [6.45, 7) is 1.31. The molecular weight excluding hydrogens is 277 g/mol. The van der Waals surface area contributed by atoms with E-state index in [0.29, 0.717) is 10.6 Å². The van der Waals surface area contributed by atoms with Gasteiger partial charge in [0, 0.05) is 10.6 Å². The van der Waals surface area contributed by atoms with Gasteiger partial charge in [-0.3, -0.25) is 4.79 Å². The smallest absolute Gasteiger partial charge is 0.194 e. The number of benzene rings is 2. The highest BCUT2D eigenvalue weighted by atomic mass is 35.5. The van der Waals surface area contributed by atoms with Crippen LogP contribution in [0.25, 0.3) is 11.1 Å². The first kappa shape index (κ1) is 13.6. The fourth-order valence-electron chi connectivity index (χ4n) is 1.77. The molecule has 0 heterocycles. The average molecular weight is 285 g/mol. The van der Waals surface area contributed by atoms with E-state index in [4.69, 9.17) is 11.6 Å². The second kappa shape index (κ2) is 5.05. The molecule has 0 bridgehead atoms. The number of hydrogen-bond donors (Lipinski definition) is 0. The van der Waals surface area contributed by atoms with Gasteiger partial charge in [0.2, 0.25) is 0 Å². The minimum absolute atomic E-state index is 0.0817. The molecule has 0 aliphatic rings. The molecule has 0 radical (unpaired) electrons. The van der Waals surface area contributed by atoms with Gasteiger partial charge >= 0.3 is 0 Å². The summed E-state index contributed by atoms with van der Waals surface area (Å²) in [5, 5.41) is 0.331. The van der Waals surface area contributed by atoms with Gasteiger partial charge < -0.3 is 0 Å². The van der Waals surface area contributed by atoms with Crippen LogP contribution < -0.4 is 0 Å². The second-order valence-electron chi connectivity index (χ2n) is 4.00. The third-order valence-corrected chi connectivity index (χ3v) is 2.89. The lowest BCUT2D eigenvalue weighted by molar-refractivity contribution is 0.101. The minimum Gasteiger partial charge on any atom is -0.294 e. The van der Waals surface area contributed by atoms with E-state index in [0.717, 1.165) is 12.1 Å². The normalized spacial score (nSPS) is 10.6. The van der Waals surface area contributed by atoms with Crippen molar-refractivity contribution >= 4 is 17.4 Å². The van der Waals surface area contributed by atoms with Gasteiger partial charge in [0.25, 0.3) is 0 Å². The van der Waals surface area contributed by atoms with Gasteiger partial charge in [-0.05, 0) is 42.3 Å². The summed E-state index contributed by atoms with van der Waals surface area (Å²) in [5.74, 6) is -4.45. The fourth-order valence-corrected chi connectivity index (χ4v) is 1.94. The first-order valence-corrected chi connectivity index (χ1v) is 5.73. The third kappa shape index (κ3) is 2.63. The maximum atomic E-state index is 13.2. The molecule has 0 saturated heterocycles. The van der Waals surface area contributed by atoms with Crippen molar-refractivity contribution in [3.8, 4) is 11.1 Å². The molecule has 0 aliphatic heterocycles. The Hall–Kier alpha value is -1.81. The van der Waals surface area contributed by atoms with Crippen molar-refractivity contribution in [2.75, 3.05) is 0 Å². The molecule has 0 fully saturated rings. The predicted octanol–water partition coefficient (Wildman–Crippen LogP) is 4.63. The average Bonchev–Trinajstić information content (AvgIpc) is 2.35. The Balaban J connectivity index is 2.68. The van der Waals surface area contributed by atoms with E-state index in [1.165, 1.54) is 25.1 Å². The van der Waals surface area contributed by atoms with Gasteiger partial charge in [0.05, 0.1) is 0 Å². The van der Waals surface area contributed by atoms with Crippen LogP contribution in [-0.2, 0) is 0 Å². The van der Waals surface area contributed by atoms with Crippen molar-refractivity contribution in [2.45, 2.75) is 6.92 Å². The Bertz CT molecular complexity index is 645. The van der Waals surface area contributed by atoms with Gasteiger partial charge in [-0.1, -0.05) is 17.7 Å². The topological polar surface area (TPSA) is 17.1 Å². The Labute approximate surface area is 112 Å². The van der Waals surface area contributed by atoms with Crippen LogP contribution in [0.15, 0.2) is 30.3 Å². The van der Waals surface area contributed by atoms with Crippen LogP contribution in [0.1, 0.15) is 17.3 Å². The highest BCUT2D eigenvalue weighted by molar-refractivity contribution is 6.31. The molecule has 19 heavy (non-hydrogen) atoms. The number of carbonyl (C=O) groups excluding carboxylic acids is 1. The van der Waals surface area contributed by atoms with Crippen molar-refractivity contribution in [3.63, 3.8) is 0 Å². The van der Waals surface area contributed by atoms with Crippen molar-refractivity contribution in [1.29, 1.82) is 0 Å². The van der Waals surface area contributed by atoms with Gasteiger partial charge in [-0.25, -0.2) is 13.2 Å². The van der Waals surface area contributed by atoms with Crippen LogP contribution in [0.2, 0.25) is 5.02 Å². The molecule has 0 saturated carbocycles. The largest absolute Gasteiger partial charge is 0.294 e. The molecule has 0 amide bonds. The zero-order valence-corrected chi connectivity index (χ0v) is 10.6. The van der Waals surface area contributed by atoms with Gasteiger partial charge in [-0.15, -0.1) is 0 Å². The number of rotatable bonds is 2. The molecular formula is C14H8ClF3O. The van der Waals surface area contributed by atoms with E-state index in [1.54, 1.807) is 0 Å². The van der Waals surface area contributed by atoms with Gasteiger partial charge in [0.1, 0.15) is 0 Å². The van der Waals surface area contributed by atoms with Gasteiger partial charge in [0.15, 0.2) is 23.2 Å². The van der Waals surface area contributed by atoms with Crippen molar-refractivity contribution in [3.05, 3.63) is 58.4 Å². The molecule has 2 rings (SSSR count). The SMILES string of the molecule is CC(=O)c1cc(Cl)ccc1-c1cc(F)c(F)c(F)c1. The van der Waals surface area contributed by atoms with Crippen LogP contribution >= 0.6 is 11.6 Å². The molecule has 98 valence electrons. The number of ketones is 1. The predicted molar refractivity (Wildman–Crippen MR) is 66.8 cm³/mol. The number of Topliss-reactive ketones (excluding diaryl/α,β-unsaturated/α-hetero) is 1. The van der Waals surface area contributed by atoms with Crippen LogP contribution in [0.4, 0.5) is 13.2 Å². The van der Waals surface area contributed by atoms with E-state index >= 15 is 0 Å². The molecule has 0 aromatic heterocycles. The molecule has 2 aromatic rings. The molecule has 0 unspecified atom stereocenters. The Morgan fingerprint density at radius 1 is 1.05 bits per heavy atom. The summed E-state index contributed by atoms with van der Waals surface area (Å²) >= 11 is 5.78. The highest BCUT2D eigenvalue weighted by Gasteiger charge is 2.15. The molecule has 0 spiro atoms. The highest BCUT2D eigenvalue weighted by Crippen LogP contribution is 2.29. The number of carbonyl (C=O) groups is 1. The van der Waals surface area contributed by atoms with E-state index < -0.39 is 17.5 Å². The maximum absolute atomic E-state index is 13.2. The first-order valence-electron chi connectivity index (χ1n) is 5.35. The summed E-state index contributed by atoms with van der Waals surface area (Å²) in [6.07, 6.45) is 0. The monoisotopic (exact) mass is 284 g/mol. The Morgan fingerprint density at radius 2 is 1.63 bits per heavy atom. The van der Waals surface area contributed by atoms with Crippen LogP contribution in [0, 0.1) is 17.5 Å². The lowest BCUT2D eigenvalue weighted by Gasteiger charge is -2.09. The second-order valence-corrected chi connectivity index (χ2v) is 4.44. The van der Waals surface area contributed by atoms with E-state index in [-0.39, 0.29) is 16.9 Å². The zero-order valence-electron chi connectivity index (χ0n) is 9.81. The molecule has 0 aliphatic carbocycles. The number of halogens is 4. The molecule has 5 heteroatoms. The van der Waals surface area contributed by atoms with E-state index in [1.807, 2.05) is 0 Å². The van der Waals surface area contributed by atoms with Gasteiger partial charge in [-0.2, -0.15) is 0 Å². The van der Waals surface area contributed by atoms with Crippen molar-refractivity contribution in [1.82, 2.24) is 0 Å². The lowest BCUT2D eigenvalue weighted by Crippen LogP contribution is -1.98. The zero-order chi connectivity index (χ0) is 14.2. The van der Waals surface area contributed by atoms with Crippen LogP contribution in [0.5, 0.6) is 0 Å².